The van der Waals surface area contributed by atoms with Crippen molar-refractivity contribution in [3.63, 3.8) is 0 Å². The monoisotopic (exact) mass is 551 g/mol. The molecule has 2 aromatic carbocycles. The third-order valence-electron chi connectivity index (χ3n) is 7.04. The van der Waals surface area contributed by atoms with Crippen molar-refractivity contribution < 1.29 is 32.6 Å². The second kappa shape index (κ2) is 13.5. The number of hydrogen-bond acceptors (Lipinski definition) is 7. The zero-order valence-corrected chi connectivity index (χ0v) is 22.4. The van der Waals surface area contributed by atoms with Crippen LogP contribution in [0.15, 0.2) is 65.3 Å². The average Bonchev–Trinajstić information content (AvgIpc) is 3.66. The summed E-state index contributed by atoms with van der Waals surface area (Å²) in [6.45, 7) is 5.02. The van der Waals surface area contributed by atoms with Crippen molar-refractivity contribution in [1.82, 2.24) is 14.7 Å². The van der Waals surface area contributed by atoms with Gasteiger partial charge < -0.3 is 28.4 Å². The maximum absolute atomic E-state index is 13.7. The Bertz CT molecular complexity index is 1260. The Morgan fingerprint density at radius 2 is 1.65 bits per heavy atom. The standard InChI is InChI=1S/C30H34FN3O6/c31-25-7-4-23(5-8-25)18-29(35)33(11-2-10-32-12-15-37-16-13-32)21-30(36)34(20-26-3-1-14-38-26)19-24-6-9-27-28(17-24)40-22-39-27/h1,3-9,14,17H,2,10-13,15-16,18-22H2. The van der Waals surface area contributed by atoms with Gasteiger partial charge in [-0.15, -0.1) is 0 Å². The number of halogens is 1. The molecular formula is C30H34FN3O6. The first-order chi connectivity index (χ1) is 19.5. The molecule has 0 aliphatic carbocycles. The van der Waals surface area contributed by atoms with Gasteiger partial charge in [0.05, 0.1) is 39.0 Å². The van der Waals surface area contributed by atoms with Crippen LogP contribution >= 0.6 is 0 Å². The van der Waals surface area contributed by atoms with Gasteiger partial charge in [-0.05, 0) is 53.9 Å². The van der Waals surface area contributed by atoms with Crippen LogP contribution in [0.1, 0.15) is 23.3 Å². The van der Waals surface area contributed by atoms with Crippen LogP contribution in [0, 0.1) is 5.82 Å². The summed E-state index contributed by atoms with van der Waals surface area (Å²) >= 11 is 0. The van der Waals surface area contributed by atoms with Gasteiger partial charge in [0.1, 0.15) is 11.6 Å². The normalized spacial score (nSPS) is 14.7. The summed E-state index contributed by atoms with van der Waals surface area (Å²) in [5.41, 5.74) is 1.57. The highest BCUT2D eigenvalue weighted by atomic mass is 19.1. The number of benzene rings is 2. The summed E-state index contributed by atoms with van der Waals surface area (Å²) in [6.07, 6.45) is 2.39. The number of amides is 2. The zero-order valence-electron chi connectivity index (χ0n) is 22.4. The van der Waals surface area contributed by atoms with Gasteiger partial charge >= 0.3 is 0 Å². The van der Waals surface area contributed by atoms with Crippen molar-refractivity contribution in [1.29, 1.82) is 0 Å². The lowest BCUT2D eigenvalue weighted by molar-refractivity contribution is -0.141. The smallest absolute Gasteiger partial charge is 0.242 e. The van der Waals surface area contributed by atoms with E-state index in [1.54, 1.807) is 34.3 Å². The molecule has 0 radical (unpaired) electrons. The number of morpholine rings is 1. The van der Waals surface area contributed by atoms with E-state index in [9.17, 15) is 14.0 Å². The molecule has 2 amide bonds. The minimum Gasteiger partial charge on any atom is -0.467 e. The maximum atomic E-state index is 13.7. The molecule has 2 aliphatic heterocycles. The first-order valence-corrected chi connectivity index (χ1v) is 13.5. The molecule has 0 atom stereocenters. The molecule has 40 heavy (non-hydrogen) atoms. The van der Waals surface area contributed by atoms with E-state index in [0.29, 0.717) is 49.1 Å². The van der Waals surface area contributed by atoms with Crippen LogP contribution in [0.25, 0.3) is 0 Å². The highest BCUT2D eigenvalue weighted by molar-refractivity contribution is 5.86. The van der Waals surface area contributed by atoms with Crippen LogP contribution in [-0.4, -0.2) is 79.2 Å². The third kappa shape index (κ3) is 7.61. The second-order valence-corrected chi connectivity index (χ2v) is 9.94. The highest BCUT2D eigenvalue weighted by Gasteiger charge is 2.24. The molecule has 3 aromatic rings. The second-order valence-electron chi connectivity index (χ2n) is 9.94. The van der Waals surface area contributed by atoms with Gasteiger partial charge in [-0.25, -0.2) is 4.39 Å². The van der Waals surface area contributed by atoms with Gasteiger partial charge in [0, 0.05) is 32.7 Å². The van der Waals surface area contributed by atoms with E-state index in [-0.39, 0.29) is 43.9 Å². The molecule has 0 bridgehead atoms. The Balaban J connectivity index is 1.29. The van der Waals surface area contributed by atoms with Crippen molar-refractivity contribution in [3.05, 3.63) is 83.6 Å². The van der Waals surface area contributed by atoms with Crippen molar-refractivity contribution >= 4 is 11.8 Å². The van der Waals surface area contributed by atoms with Crippen LogP contribution < -0.4 is 9.47 Å². The summed E-state index contributed by atoms with van der Waals surface area (Å²) in [4.78, 5) is 32.8. The van der Waals surface area contributed by atoms with Crippen LogP contribution in [0.5, 0.6) is 11.5 Å². The topological polar surface area (TPSA) is 84.7 Å². The molecule has 0 saturated carbocycles. The number of carbonyl (C=O) groups is 2. The Labute approximate surface area is 233 Å². The van der Waals surface area contributed by atoms with Crippen molar-refractivity contribution in [2.45, 2.75) is 25.9 Å². The molecule has 5 rings (SSSR count). The summed E-state index contributed by atoms with van der Waals surface area (Å²) in [6, 6.07) is 15.1. The average molecular weight is 552 g/mol. The lowest BCUT2D eigenvalue weighted by atomic mass is 10.1. The number of fused-ring (bicyclic) bond motifs is 1. The number of nitrogens with zero attached hydrogens (tertiary/aromatic N) is 3. The van der Waals surface area contributed by atoms with Crippen LogP contribution in [0.2, 0.25) is 0 Å². The molecule has 10 heteroatoms. The SMILES string of the molecule is O=C(Cc1ccc(F)cc1)N(CCCN1CCOCC1)CC(=O)N(Cc1ccc2c(c1)OCO2)Cc1ccco1. The molecule has 1 aromatic heterocycles. The Hall–Kier alpha value is -3.89. The molecule has 9 nitrogen and oxygen atoms in total. The number of rotatable bonds is 12. The highest BCUT2D eigenvalue weighted by Crippen LogP contribution is 2.33. The Morgan fingerprint density at radius 3 is 2.42 bits per heavy atom. The van der Waals surface area contributed by atoms with Crippen molar-refractivity contribution in [2.75, 3.05) is 52.7 Å². The fourth-order valence-corrected chi connectivity index (χ4v) is 4.84. The summed E-state index contributed by atoms with van der Waals surface area (Å²) in [7, 11) is 0. The van der Waals surface area contributed by atoms with E-state index in [1.165, 1.54) is 12.1 Å². The quantitative estimate of drug-likeness (QED) is 0.341. The van der Waals surface area contributed by atoms with Crippen LogP contribution in [0.3, 0.4) is 0 Å². The lowest BCUT2D eigenvalue weighted by Crippen LogP contribution is -2.44. The molecule has 3 heterocycles. The summed E-state index contributed by atoms with van der Waals surface area (Å²) in [5, 5.41) is 0. The van der Waals surface area contributed by atoms with E-state index < -0.39 is 0 Å². The fraction of sp³-hybridized carbons (Fsp3) is 0.400. The lowest BCUT2D eigenvalue weighted by Gasteiger charge is -2.30. The first-order valence-electron chi connectivity index (χ1n) is 13.5. The number of ether oxygens (including phenoxy) is 3. The molecule has 1 fully saturated rings. The predicted octanol–water partition coefficient (Wildman–Crippen LogP) is 3.47. The Morgan fingerprint density at radius 1 is 0.875 bits per heavy atom. The van der Waals surface area contributed by atoms with Crippen molar-refractivity contribution in [3.8, 4) is 11.5 Å². The molecule has 0 spiro atoms. The van der Waals surface area contributed by atoms with Crippen LogP contribution in [0.4, 0.5) is 4.39 Å². The minimum absolute atomic E-state index is 0.0750. The van der Waals surface area contributed by atoms with Crippen molar-refractivity contribution in [2.24, 2.45) is 0 Å². The van der Waals surface area contributed by atoms with Gasteiger partial charge in [0.2, 0.25) is 18.6 Å². The summed E-state index contributed by atoms with van der Waals surface area (Å²) in [5.74, 6) is 1.22. The first kappa shape index (κ1) is 27.7. The number of hydrogen-bond donors (Lipinski definition) is 0. The molecular weight excluding hydrogens is 517 g/mol. The largest absolute Gasteiger partial charge is 0.467 e. The van der Waals surface area contributed by atoms with Gasteiger partial charge in [0.25, 0.3) is 0 Å². The maximum Gasteiger partial charge on any atom is 0.242 e. The van der Waals surface area contributed by atoms with Crippen LogP contribution in [-0.2, 0) is 33.8 Å². The van der Waals surface area contributed by atoms with Gasteiger partial charge in [0.15, 0.2) is 11.5 Å². The molecule has 212 valence electrons. The third-order valence-corrected chi connectivity index (χ3v) is 7.04. The van der Waals surface area contributed by atoms with E-state index in [2.05, 4.69) is 4.90 Å². The fourth-order valence-electron chi connectivity index (χ4n) is 4.84. The molecule has 0 unspecified atom stereocenters. The van der Waals surface area contributed by atoms with Gasteiger partial charge in [-0.3, -0.25) is 14.5 Å². The summed E-state index contributed by atoms with van der Waals surface area (Å²) < 4.78 is 35.3. The van der Waals surface area contributed by atoms with Gasteiger partial charge in [-0.2, -0.15) is 0 Å². The Kier molecular flexibility index (Phi) is 9.30. The van der Waals surface area contributed by atoms with E-state index in [1.807, 2.05) is 24.3 Å². The number of carbonyl (C=O) groups excluding carboxylic acids is 2. The molecule has 2 aliphatic rings. The minimum atomic E-state index is -0.356. The number of furan rings is 1. The zero-order chi connectivity index (χ0) is 27.7. The van der Waals surface area contributed by atoms with E-state index in [0.717, 1.165) is 31.6 Å². The van der Waals surface area contributed by atoms with E-state index >= 15 is 0 Å². The van der Waals surface area contributed by atoms with Gasteiger partial charge in [-0.1, -0.05) is 18.2 Å². The molecule has 0 N–H and O–H groups in total. The van der Waals surface area contributed by atoms with E-state index in [4.69, 9.17) is 18.6 Å². The molecule has 1 saturated heterocycles. The predicted molar refractivity (Wildman–Crippen MR) is 144 cm³/mol.